The Morgan fingerprint density at radius 3 is 2.67 bits per heavy atom. The summed E-state index contributed by atoms with van der Waals surface area (Å²) in [5.74, 6) is 0. The van der Waals surface area contributed by atoms with Crippen molar-refractivity contribution < 1.29 is 9.66 Å². The lowest BCUT2D eigenvalue weighted by atomic mass is 10.0. The van der Waals surface area contributed by atoms with E-state index in [0.717, 1.165) is 11.1 Å². The molecule has 0 radical (unpaired) electrons. The highest BCUT2D eigenvalue weighted by Crippen LogP contribution is 2.29. The molecule has 0 fully saturated rings. The van der Waals surface area contributed by atoms with Crippen molar-refractivity contribution in [1.82, 2.24) is 0 Å². The standard InChI is InChI=1S/C14H13NO3/c1-18-10-11-5-4-6-12(9-11)13-7-2-3-8-14(13)15(16)17/h2-9H,10H2,1H3. The molecule has 0 saturated carbocycles. The number of benzene rings is 2. The number of nitro benzene ring substituents is 1. The molecule has 0 aliphatic carbocycles. The van der Waals surface area contributed by atoms with E-state index in [1.54, 1.807) is 25.3 Å². The van der Waals surface area contributed by atoms with Crippen LogP contribution in [-0.2, 0) is 11.3 Å². The Morgan fingerprint density at radius 2 is 1.94 bits per heavy atom. The minimum absolute atomic E-state index is 0.118. The lowest BCUT2D eigenvalue weighted by Gasteiger charge is -2.05. The maximum absolute atomic E-state index is 11.0. The summed E-state index contributed by atoms with van der Waals surface area (Å²) in [6.07, 6.45) is 0. The highest BCUT2D eigenvalue weighted by molar-refractivity contribution is 5.73. The highest BCUT2D eigenvalue weighted by Gasteiger charge is 2.13. The Kier molecular flexibility index (Phi) is 3.69. The third kappa shape index (κ3) is 2.55. The maximum Gasteiger partial charge on any atom is 0.277 e. The number of rotatable bonds is 4. The van der Waals surface area contributed by atoms with Gasteiger partial charge in [0.05, 0.1) is 17.1 Å². The van der Waals surface area contributed by atoms with Gasteiger partial charge in [0.25, 0.3) is 5.69 Å². The Labute approximate surface area is 105 Å². The SMILES string of the molecule is COCc1cccc(-c2ccccc2[N+](=O)[O-])c1. The van der Waals surface area contributed by atoms with E-state index in [2.05, 4.69) is 0 Å². The quantitative estimate of drug-likeness (QED) is 0.610. The van der Waals surface area contributed by atoms with Gasteiger partial charge in [-0.1, -0.05) is 30.3 Å². The predicted molar refractivity (Wildman–Crippen MR) is 69.2 cm³/mol. The average Bonchev–Trinajstić information content (AvgIpc) is 2.39. The molecule has 18 heavy (non-hydrogen) atoms. The lowest BCUT2D eigenvalue weighted by Crippen LogP contribution is -1.93. The van der Waals surface area contributed by atoms with Crippen LogP contribution in [0.2, 0.25) is 0 Å². The Bertz CT molecular complexity index is 566. The smallest absolute Gasteiger partial charge is 0.277 e. The fraction of sp³-hybridized carbons (Fsp3) is 0.143. The molecule has 0 aromatic heterocycles. The number of hydrogen-bond acceptors (Lipinski definition) is 3. The van der Waals surface area contributed by atoms with Gasteiger partial charge in [0.15, 0.2) is 0 Å². The van der Waals surface area contributed by atoms with E-state index in [4.69, 9.17) is 4.74 Å². The number of para-hydroxylation sites is 1. The summed E-state index contributed by atoms with van der Waals surface area (Å²) in [7, 11) is 1.62. The van der Waals surface area contributed by atoms with Crippen molar-refractivity contribution in [3.05, 3.63) is 64.2 Å². The first kappa shape index (κ1) is 12.3. The molecule has 0 atom stereocenters. The minimum atomic E-state index is -0.363. The molecule has 0 bridgehead atoms. The van der Waals surface area contributed by atoms with E-state index in [-0.39, 0.29) is 10.6 Å². The van der Waals surface area contributed by atoms with Crippen molar-refractivity contribution in [3.63, 3.8) is 0 Å². The van der Waals surface area contributed by atoms with Gasteiger partial charge in [-0.2, -0.15) is 0 Å². The highest BCUT2D eigenvalue weighted by atomic mass is 16.6. The van der Waals surface area contributed by atoms with Crippen molar-refractivity contribution in [2.75, 3.05) is 7.11 Å². The number of methoxy groups -OCH3 is 1. The van der Waals surface area contributed by atoms with Crippen LogP contribution in [0.25, 0.3) is 11.1 Å². The molecule has 0 unspecified atom stereocenters. The van der Waals surface area contributed by atoms with E-state index < -0.39 is 0 Å². The van der Waals surface area contributed by atoms with Crippen LogP contribution in [-0.4, -0.2) is 12.0 Å². The first-order valence-corrected chi connectivity index (χ1v) is 5.54. The molecule has 2 aromatic carbocycles. The van der Waals surface area contributed by atoms with Gasteiger partial charge in [0, 0.05) is 13.2 Å². The van der Waals surface area contributed by atoms with Crippen molar-refractivity contribution >= 4 is 5.69 Å². The van der Waals surface area contributed by atoms with Crippen molar-refractivity contribution in [1.29, 1.82) is 0 Å². The van der Waals surface area contributed by atoms with Crippen LogP contribution in [0.4, 0.5) is 5.69 Å². The maximum atomic E-state index is 11.0. The fourth-order valence-corrected chi connectivity index (χ4v) is 1.87. The molecule has 2 rings (SSSR count). The first-order chi connectivity index (χ1) is 8.72. The molecule has 0 aliphatic rings. The molecule has 92 valence electrons. The molecule has 0 N–H and O–H groups in total. The number of nitrogens with zero attached hydrogens (tertiary/aromatic N) is 1. The summed E-state index contributed by atoms with van der Waals surface area (Å²) in [5.41, 5.74) is 2.57. The summed E-state index contributed by atoms with van der Waals surface area (Å²) in [4.78, 5) is 10.6. The van der Waals surface area contributed by atoms with Gasteiger partial charge < -0.3 is 4.74 Å². The fourth-order valence-electron chi connectivity index (χ4n) is 1.87. The first-order valence-electron chi connectivity index (χ1n) is 5.54. The van der Waals surface area contributed by atoms with Gasteiger partial charge >= 0.3 is 0 Å². The van der Waals surface area contributed by atoms with E-state index >= 15 is 0 Å². The van der Waals surface area contributed by atoms with Gasteiger partial charge in [-0.05, 0) is 23.3 Å². The average molecular weight is 243 g/mol. The van der Waals surface area contributed by atoms with Gasteiger partial charge in [-0.25, -0.2) is 0 Å². The number of nitro groups is 1. The third-order valence-electron chi connectivity index (χ3n) is 2.65. The molecule has 0 aliphatic heterocycles. The van der Waals surface area contributed by atoms with Crippen LogP contribution in [0.3, 0.4) is 0 Å². The zero-order chi connectivity index (χ0) is 13.0. The van der Waals surface area contributed by atoms with Crippen molar-refractivity contribution in [2.24, 2.45) is 0 Å². The largest absolute Gasteiger partial charge is 0.380 e. The summed E-state index contributed by atoms with van der Waals surface area (Å²) >= 11 is 0. The second-order valence-corrected chi connectivity index (χ2v) is 3.91. The van der Waals surface area contributed by atoms with Crippen molar-refractivity contribution in [2.45, 2.75) is 6.61 Å². The van der Waals surface area contributed by atoms with Crippen LogP contribution in [0.15, 0.2) is 48.5 Å². The Balaban J connectivity index is 2.48. The third-order valence-corrected chi connectivity index (χ3v) is 2.65. The van der Waals surface area contributed by atoms with Gasteiger partial charge in [-0.3, -0.25) is 10.1 Å². The molecule has 0 saturated heterocycles. The monoisotopic (exact) mass is 243 g/mol. The predicted octanol–water partition coefficient (Wildman–Crippen LogP) is 3.41. The Hall–Kier alpha value is -2.20. The molecule has 0 spiro atoms. The molecule has 0 heterocycles. The molecule has 0 amide bonds. The van der Waals surface area contributed by atoms with Crippen LogP contribution < -0.4 is 0 Å². The summed E-state index contributed by atoms with van der Waals surface area (Å²) in [6, 6.07) is 14.3. The zero-order valence-corrected chi connectivity index (χ0v) is 10.00. The van der Waals surface area contributed by atoms with Crippen LogP contribution in [0.1, 0.15) is 5.56 Å². The summed E-state index contributed by atoms with van der Waals surface area (Å²) in [5, 5.41) is 11.0. The van der Waals surface area contributed by atoms with Gasteiger partial charge in [0.1, 0.15) is 0 Å². The Morgan fingerprint density at radius 1 is 1.17 bits per heavy atom. The van der Waals surface area contributed by atoms with Crippen LogP contribution >= 0.6 is 0 Å². The zero-order valence-electron chi connectivity index (χ0n) is 10.00. The van der Waals surface area contributed by atoms with Gasteiger partial charge in [0.2, 0.25) is 0 Å². The van der Waals surface area contributed by atoms with Gasteiger partial charge in [-0.15, -0.1) is 0 Å². The van der Waals surface area contributed by atoms with Crippen LogP contribution in [0.5, 0.6) is 0 Å². The van der Waals surface area contributed by atoms with E-state index in [1.807, 2.05) is 24.3 Å². The summed E-state index contributed by atoms with van der Waals surface area (Å²) < 4.78 is 5.06. The molecule has 4 heteroatoms. The number of ether oxygens (including phenoxy) is 1. The molecule has 2 aromatic rings. The topological polar surface area (TPSA) is 52.4 Å². The summed E-state index contributed by atoms with van der Waals surface area (Å²) in [6.45, 7) is 0.495. The molecular formula is C14H13NO3. The molecular weight excluding hydrogens is 230 g/mol. The minimum Gasteiger partial charge on any atom is -0.380 e. The van der Waals surface area contributed by atoms with E-state index in [1.165, 1.54) is 6.07 Å². The van der Waals surface area contributed by atoms with Crippen LogP contribution in [0, 0.1) is 10.1 Å². The second-order valence-electron chi connectivity index (χ2n) is 3.91. The number of hydrogen-bond donors (Lipinski definition) is 0. The lowest BCUT2D eigenvalue weighted by molar-refractivity contribution is -0.384. The van der Waals surface area contributed by atoms with E-state index in [9.17, 15) is 10.1 Å². The normalized spacial score (nSPS) is 10.3. The molecule has 4 nitrogen and oxygen atoms in total. The van der Waals surface area contributed by atoms with Crippen molar-refractivity contribution in [3.8, 4) is 11.1 Å². The van der Waals surface area contributed by atoms with E-state index in [0.29, 0.717) is 12.2 Å². The second kappa shape index (κ2) is 5.42.